The van der Waals surface area contributed by atoms with E-state index < -0.39 is 0 Å². The molecule has 1 atom stereocenters. The number of ether oxygens (including phenoxy) is 2. The van der Waals surface area contributed by atoms with Crippen molar-refractivity contribution in [3.63, 3.8) is 0 Å². The Labute approximate surface area is 213 Å². The molecule has 2 aliphatic rings. The molecule has 2 aromatic rings. The predicted octanol–water partition coefficient (Wildman–Crippen LogP) is 1.87. The SMILES string of the molecule is CCOCCNc1c(Nc2cc(C)ccn2)nc(N2CCNC(C)C2)nc1C(=N)CN1CCOCC1. The van der Waals surface area contributed by atoms with Crippen LogP contribution in [0.15, 0.2) is 18.3 Å². The molecule has 11 nitrogen and oxygen atoms in total. The molecule has 4 heterocycles. The Morgan fingerprint density at radius 1 is 1.28 bits per heavy atom. The Balaban J connectivity index is 1.71. The first-order chi connectivity index (χ1) is 17.5. The number of morpholine rings is 1. The van der Waals surface area contributed by atoms with Crippen LogP contribution >= 0.6 is 0 Å². The smallest absolute Gasteiger partial charge is 0.228 e. The maximum atomic E-state index is 9.07. The fraction of sp³-hybridized carbons (Fsp3) is 0.600. The van der Waals surface area contributed by atoms with Crippen molar-refractivity contribution in [2.45, 2.75) is 26.8 Å². The highest BCUT2D eigenvalue weighted by Gasteiger charge is 2.25. The molecule has 2 aromatic heterocycles. The number of aromatic nitrogens is 3. The van der Waals surface area contributed by atoms with Crippen molar-refractivity contribution in [3.8, 4) is 0 Å². The molecule has 2 saturated heterocycles. The lowest BCUT2D eigenvalue weighted by atomic mass is 10.1. The van der Waals surface area contributed by atoms with Gasteiger partial charge in [0.2, 0.25) is 5.95 Å². The minimum Gasteiger partial charge on any atom is -0.380 e. The summed E-state index contributed by atoms with van der Waals surface area (Å²) in [5, 5.41) is 19.4. The van der Waals surface area contributed by atoms with Gasteiger partial charge in [-0.15, -0.1) is 0 Å². The minimum atomic E-state index is 0.331. The maximum absolute atomic E-state index is 9.07. The number of nitrogens with zero attached hydrogens (tertiary/aromatic N) is 5. The van der Waals surface area contributed by atoms with Gasteiger partial charge >= 0.3 is 0 Å². The summed E-state index contributed by atoms with van der Waals surface area (Å²) in [6.45, 7) is 13.9. The Morgan fingerprint density at radius 2 is 2.11 bits per heavy atom. The summed E-state index contributed by atoms with van der Waals surface area (Å²) in [6.07, 6.45) is 1.78. The van der Waals surface area contributed by atoms with Gasteiger partial charge < -0.3 is 35.7 Å². The molecule has 1 unspecified atom stereocenters. The van der Waals surface area contributed by atoms with Crippen LogP contribution in [0.3, 0.4) is 0 Å². The fourth-order valence-corrected chi connectivity index (χ4v) is 4.36. The first-order valence-electron chi connectivity index (χ1n) is 12.8. The second-order valence-electron chi connectivity index (χ2n) is 9.23. The predicted molar refractivity (Wildman–Crippen MR) is 143 cm³/mol. The highest BCUT2D eigenvalue weighted by Crippen LogP contribution is 2.29. The molecule has 0 saturated carbocycles. The molecule has 0 bridgehead atoms. The second kappa shape index (κ2) is 12.9. The zero-order valence-electron chi connectivity index (χ0n) is 21.6. The molecule has 4 rings (SSSR count). The van der Waals surface area contributed by atoms with Crippen LogP contribution in [-0.2, 0) is 9.47 Å². The first kappa shape index (κ1) is 26.2. The number of anilines is 4. The molecule has 0 aliphatic carbocycles. The zero-order valence-corrected chi connectivity index (χ0v) is 21.6. The van der Waals surface area contributed by atoms with Gasteiger partial charge in [-0.3, -0.25) is 4.90 Å². The van der Waals surface area contributed by atoms with E-state index in [1.165, 1.54) is 0 Å². The monoisotopic (exact) mass is 497 g/mol. The number of pyridine rings is 1. The van der Waals surface area contributed by atoms with E-state index in [0.29, 0.717) is 80.2 Å². The molecule has 196 valence electrons. The molecule has 2 aliphatic heterocycles. The van der Waals surface area contributed by atoms with E-state index in [2.05, 4.69) is 37.7 Å². The van der Waals surface area contributed by atoms with Crippen LogP contribution in [0.4, 0.5) is 23.3 Å². The number of aryl methyl sites for hydroxylation is 1. The Kier molecular flexibility index (Phi) is 9.40. The second-order valence-corrected chi connectivity index (χ2v) is 9.23. The molecule has 4 N–H and O–H groups in total. The molecule has 0 spiro atoms. The molecule has 11 heteroatoms. The van der Waals surface area contributed by atoms with Crippen molar-refractivity contribution in [2.24, 2.45) is 0 Å². The fourth-order valence-electron chi connectivity index (χ4n) is 4.36. The Bertz CT molecular complexity index is 1010. The summed E-state index contributed by atoms with van der Waals surface area (Å²) in [4.78, 5) is 18.8. The number of nitrogens with one attached hydrogen (secondary N) is 4. The summed E-state index contributed by atoms with van der Waals surface area (Å²) in [5.41, 5.74) is 2.85. The summed E-state index contributed by atoms with van der Waals surface area (Å²) in [6, 6.07) is 4.28. The topological polar surface area (TPSA) is 124 Å². The van der Waals surface area contributed by atoms with Crippen molar-refractivity contribution >= 4 is 29.0 Å². The van der Waals surface area contributed by atoms with Crippen molar-refractivity contribution in [1.29, 1.82) is 5.41 Å². The summed E-state index contributed by atoms with van der Waals surface area (Å²) >= 11 is 0. The molecular formula is C25H39N9O2. The lowest BCUT2D eigenvalue weighted by molar-refractivity contribution is 0.0452. The van der Waals surface area contributed by atoms with Crippen molar-refractivity contribution in [2.75, 3.05) is 87.8 Å². The maximum Gasteiger partial charge on any atom is 0.228 e. The van der Waals surface area contributed by atoms with Gasteiger partial charge in [-0.25, -0.2) is 9.97 Å². The normalized spacial score (nSPS) is 18.8. The first-order valence-corrected chi connectivity index (χ1v) is 12.8. The van der Waals surface area contributed by atoms with Crippen molar-refractivity contribution in [3.05, 3.63) is 29.6 Å². The van der Waals surface area contributed by atoms with Crippen molar-refractivity contribution in [1.82, 2.24) is 25.2 Å². The van der Waals surface area contributed by atoms with Gasteiger partial charge in [-0.05, 0) is 38.5 Å². The van der Waals surface area contributed by atoms with E-state index in [1.54, 1.807) is 6.20 Å². The highest BCUT2D eigenvalue weighted by atomic mass is 16.5. The standard InChI is InChI=1S/C25H39N9O2/c1-4-35-12-8-29-23-22(20(26)17-33-10-13-36-14-11-33)31-25(34-9-7-27-19(3)16-34)32-24(23)30-21-15-18(2)5-6-28-21/h5-6,15,19,26-27,29H,4,7-14,16-17H2,1-3H3,(H,28,30,31,32). The number of hydrogen-bond donors (Lipinski definition) is 4. The summed E-state index contributed by atoms with van der Waals surface area (Å²) < 4.78 is 11.1. The zero-order chi connectivity index (χ0) is 25.3. The van der Waals surface area contributed by atoms with Gasteiger partial charge in [-0.2, -0.15) is 4.98 Å². The van der Waals surface area contributed by atoms with E-state index in [0.717, 1.165) is 38.3 Å². The van der Waals surface area contributed by atoms with E-state index >= 15 is 0 Å². The Hall–Kier alpha value is -2.86. The molecule has 36 heavy (non-hydrogen) atoms. The van der Waals surface area contributed by atoms with Crippen LogP contribution in [-0.4, -0.2) is 104 Å². The van der Waals surface area contributed by atoms with Crippen LogP contribution in [0.25, 0.3) is 0 Å². The molecule has 0 radical (unpaired) electrons. The number of rotatable bonds is 11. The molecular weight excluding hydrogens is 458 g/mol. The van der Waals surface area contributed by atoms with Crippen LogP contribution in [0, 0.1) is 12.3 Å². The molecule has 0 amide bonds. The average Bonchev–Trinajstić information content (AvgIpc) is 2.87. The van der Waals surface area contributed by atoms with Gasteiger partial charge in [0.15, 0.2) is 5.82 Å². The van der Waals surface area contributed by atoms with Gasteiger partial charge in [0.05, 0.1) is 25.5 Å². The van der Waals surface area contributed by atoms with Gasteiger partial charge in [-0.1, -0.05) is 0 Å². The van der Waals surface area contributed by atoms with Crippen molar-refractivity contribution < 1.29 is 9.47 Å². The summed E-state index contributed by atoms with van der Waals surface area (Å²) in [7, 11) is 0. The minimum absolute atomic E-state index is 0.331. The van der Waals surface area contributed by atoms with Gasteiger partial charge in [0, 0.05) is 64.7 Å². The average molecular weight is 498 g/mol. The summed E-state index contributed by atoms with van der Waals surface area (Å²) in [5.74, 6) is 1.94. The lowest BCUT2D eigenvalue weighted by Crippen LogP contribution is -2.50. The van der Waals surface area contributed by atoms with Gasteiger partial charge in [0.25, 0.3) is 0 Å². The molecule has 0 aromatic carbocycles. The lowest BCUT2D eigenvalue weighted by Gasteiger charge is -2.33. The largest absolute Gasteiger partial charge is 0.380 e. The van der Waals surface area contributed by atoms with Crippen LogP contribution in [0.2, 0.25) is 0 Å². The van der Waals surface area contributed by atoms with E-state index in [1.807, 2.05) is 26.0 Å². The third-order valence-electron chi connectivity index (χ3n) is 6.23. The third-order valence-corrected chi connectivity index (χ3v) is 6.23. The number of hydrogen-bond acceptors (Lipinski definition) is 11. The van der Waals surface area contributed by atoms with Crippen LogP contribution in [0.1, 0.15) is 25.1 Å². The van der Waals surface area contributed by atoms with Crippen LogP contribution in [0.5, 0.6) is 0 Å². The molecule has 2 fully saturated rings. The quantitative estimate of drug-likeness (QED) is 0.270. The number of piperazine rings is 1. The van der Waals surface area contributed by atoms with E-state index in [9.17, 15) is 0 Å². The highest BCUT2D eigenvalue weighted by molar-refractivity contribution is 6.05. The van der Waals surface area contributed by atoms with E-state index in [4.69, 9.17) is 24.9 Å². The van der Waals surface area contributed by atoms with Gasteiger partial charge in [0.1, 0.15) is 17.2 Å². The Morgan fingerprint density at radius 3 is 2.86 bits per heavy atom. The van der Waals surface area contributed by atoms with Crippen LogP contribution < -0.4 is 20.9 Å². The van der Waals surface area contributed by atoms with E-state index in [-0.39, 0.29) is 0 Å². The third kappa shape index (κ3) is 7.10.